The maximum atomic E-state index is 12.5. The lowest BCUT2D eigenvalue weighted by Crippen LogP contribution is -2.31. The quantitative estimate of drug-likeness (QED) is 0.764. The van der Waals surface area contributed by atoms with Crippen molar-refractivity contribution in [1.29, 1.82) is 0 Å². The van der Waals surface area contributed by atoms with Crippen molar-refractivity contribution >= 4 is 22.6 Å². The van der Waals surface area contributed by atoms with Crippen LogP contribution in [-0.4, -0.2) is 23.0 Å². The van der Waals surface area contributed by atoms with Crippen molar-refractivity contribution in [3.8, 4) is 0 Å². The van der Waals surface area contributed by atoms with Gasteiger partial charge in [-0.25, -0.2) is 4.79 Å². The molecule has 0 aliphatic heterocycles. The summed E-state index contributed by atoms with van der Waals surface area (Å²) in [6.45, 7) is 4.29. The molecule has 0 atom stereocenters. The Morgan fingerprint density at radius 1 is 1.12 bits per heavy atom. The van der Waals surface area contributed by atoms with E-state index in [-0.39, 0.29) is 11.6 Å². The van der Waals surface area contributed by atoms with E-state index < -0.39 is 0 Å². The van der Waals surface area contributed by atoms with Crippen LogP contribution in [0.1, 0.15) is 16.7 Å². The van der Waals surface area contributed by atoms with Crippen LogP contribution in [0, 0.1) is 13.8 Å². The normalized spacial score (nSPS) is 10.7. The Hall–Kier alpha value is -3.08. The second-order valence-electron chi connectivity index (χ2n) is 6.31. The molecule has 0 aliphatic carbocycles. The van der Waals surface area contributed by atoms with Crippen molar-refractivity contribution < 1.29 is 4.79 Å². The molecule has 3 rings (SSSR count). The van der Waals surface area contributed by atoms with Crippen LogP contribution in [0.5, 0.6) is 0 Å². The molecule has 2 amide bonds. The zero-order valence-electron chi connectivity index (χ0n) is 14.6. The maximum absolute atomic E-state index is 12.5. The largest absolute Gasteiger partial charge is 0.323 e. The Kier molecular flexibility index (Phi) is 4.57. The molecule has 25 heavy (non-hydrogen) atoms. The molecule has 0 fully saturated rings. The summed E-state index contributed by atoms with van der Waals surface area (Å²) in [5.41, 5.74) is 4.31. The third-order valence-electron chi connectivity index (χ3n) is 4.23. The topological polar surface area (TPSA) is 65.2 Å². The average Bonchev–Trinajstić information content (AvgIpc) is 2.58. The molecule has 0 saturated carbocycles. The summed E-state index contributed by atoms with van der Waals surface area (Å²) >= 11 is 0. The summed E-state index contributed by atoms with van der Waals surface area (Å²) in [6, 6.07) is 14.9. The highest BCUT2D eigenvalue weighted by molar-refractivity contribution is 5.90. The molecule has 0 aliphatic rings. The van der Waals surface area contributed by atoms with Gasteiger partial charge in [0.1, 0.15) is 0 Å². The predicted molar refractivity (Wildman–Crippen MR) is 101 cm³/mol. The first-order chi connectivity index (χ1) is 11.9. The summed E-state index contributed by atoms with van der Waals surface area (Å²) < 4.78 is 0. The fourth-order valence-corrected chi connectivity index (χ4v) is 2.82. The molecular formula is C20H21N3O2. The zero-order valence-corrected chi connectivity index (χ0v) is 14.6. The number of fused-ring (bicyclic) bond motifs is 1. The van der Waals surface area contributed by atoms with Crippen molar-refractivity contribution in [2.45, 2.75) is 20.4 Å². The van der Waals surface area contributed by atoms with Gasteiger partial charge in [0.25, 0.3) is 0 Å². The Morgan fingerprint density at radius 3 is 2.68 bits per heavy atom. The zero-order chi connectivity index (χ0) is 18.0. The van der Waals surface area contributed by atoms with Crippen molar-refractivity contribution in [3.63, 3.8) is 0 Å². The van der Waals surface area contributed by atoms with E-state index in [0.29, 0.717) is 6.54 Å². The summed E-state index contributed by atoms with van der Waals surface area (Å²) in [6.07, 6.45) is 0. The van der Waals surface area contributed by atoms with Gasteiger partial charge in [-0.3, -0.25) is 4.79 Å². The van der Waals surface area contributed by atoms with Gasteiger partial charge in [-0.15, -0.1) is 0 Å². The molecule has 3 aromatic rings. The molecule has 0 saturated heterocycles. The smallest absolute Gasteiger partial charge is 0.321 e. The molecule has 0 unspecified atom stereocenters. The number of pyridine rings is 1. The molecule has 128 valence electrons. The van der Waals surface area contributed by atoms with Crippen LogP contribution >= 0.6 is 0 Å². The minimum absolute atomic E-state index is 0.169. The number of H-pyrrole nitrogens is 1. The van der Waals surface area contributed by atoms with E-state index >= 15 is 0 Å². The third-order valence-corrected chi connectivity index (χ3v) is 4.23. The van der Waals surface area contributed by atoms with E-state index in [1.807, 2.05) is 56.3 Å². The molecule has 5 nitrogen and oxygen atoms in total. The van der Waals surface area contributed by atoms with Gasteiger partial charge in [0, 0.05) is 36.2 Å². The number of carbonyl (C=O) groups excluding carboxylic acids is 1. The number of urea groups is 1. The highest BCUT2D eigenvalue weighted by atomic mass is 16.2. The van der Waals surface area contributed by atoms with Gasteiger partial charge < -0.3 is 15.2 Å². The molecule has 0 bridgehead atoms. The highest BCUT2D eigenvalue weighted by Crippen LogP contribution is 2.19. The first-order valence-electron chi connectivity index (χ1n) is 8.14. The lowest BCUT2D eigenvalue weighted by Gasteiger charge is -2.20. The van der Waals surface area contributed by atoms with Gasteiger partial charge in [0.2, 0.25) is 5.56 Å². The highest BCUT2D eigenvalue weighted by Gasteiger charge is 2.13. The number of hydrogen-bond acceptors (Lipinski definition) is 2. The third kappa shape index (κ3) is 3.71. The fraction of sp³-hybridized carbons (Fsp3) is 0.200. The first kappa shape index (κ1) is 16.8. The van der Waals surface area contributed by atoms with Crippen LogP contribution in [0.2, 0.25) is 0 Å². The standard InChI is InChI=1S/C20H21N3O2/c1-13-8-9-14(2)18(10-13)22-20(25)23(3)12-15-11-19(24)21-17-7-5-4-6-16(15)17/h4-11H,12H2,1-3H3,(H,21,24)(H,22,25). The van der Waals surface area contributed by atoms with Crippen molar-refractivity contribution in [2.75, 3.05) is 12.4 Å². The molecule has 2 aromatic carbocycles. The molecule has 0 spiro atoms. The van der Waals surface area contributed by atoms with E-state index in [1.54, 1.807) is 18.0 Å². The number of aryl methyl sites for hydroxylation is 2. The van der Waals surface area contributed by atoms with Crippen molar-refractivity contribution in [3.05, 3.63) is 75.6 Å². The van der Waals surface area contributed by atoms with Crippen LogP contribution in [0.15, 0.2) is 53.3 Å². The average molecular weight is 335 g/mol. The molecule has 2 N–H and O–H groups in total. The number of aromatic nitrogens is 1. The number of hydrogen-bond donors (Lipinski definition) is 2. The lowest BCUT2D eigenvalue weighted by atomic mass is 10.1. The van der Waals surface area contributed by atoms with Gasteiger partial charge in [0.15, 0.2) is 0 Å². The first-order valence-corrected chi connectivity index (χ1v) is 8.14. The van der Waals surface area contributed by atoms with Gasteiger partial charge in [-0.1, -0.05) is 30.3 Å². The fourth-order valence-electron chi connectivity index (χ4n) is 2.82. The SMILES string of the molecule is Cc1ccc(C)c(NC(=O)N(C)Cc2cc(=O)[nH]c3ccccc23)c1. The number of aromatic amines is 1. The van der Waals surface area contributed by atoms with Gasteiger partial charge in [-0.2, -0.15) is 0 Å². The monoisotopic (exact) mass is 335 g/mol. The van der Waals surface area contributed by atoms with Crippen LogP contribution in [0.4, 0.5) is 10.5 Å². The van der Waals surface area contributed by atoms with Gasteiger partial charge in [0.05, 0.1) is 0 Å². The minimum atomic E-state index is -0.210. The molecular weight excluding hydrogens is 314 g/mol. The van der Waals surface area contributed by atoms with E-state index in [1.165, 1.54) is 0 Å². The van der Waals surface area contributed by atoms with Gasteiger partial charge >= 0.3 is 6.03 Å². The minimum Gasteiger partial charge on any atom is -0.323 e. The van der Waals surface area contributed by atoms with Crippen LogP contribution in [0.3, 0.4) is 0 Å². The summed E-state index contributed by atoms with van der Waals surface area (Å²) in [7, 11) is 1.72. The van der Waals surface area contributed by atoms with Gasteiger partial charge in [-0.05, 0) is 42.7 Å². The van der Waals surface area contributed by atoms with Crippen molar-refractivity contribution in [2.24, 2.45) is 0 Å². The Morgan fingerprint density at radius 2 is 1.88 bits per heavy atom. The number of nitrogens with one attached hydrogen (secondary N) is 2. The Bertz CT molecular complexity index is 992. The van der Waals surface area contributed by atoms with Crippen LogP contribution < -0.4 is 10.9 Å². The predicted octanol–water partition coefficient (Wildman–Crippen LogP) is 3.81. The Labute approximate surface area is 146 Å². The van der Waals surface area contributed by atoms with Crippen LogP contribution in [0.25, 0.3) is 10.9 Å². The van der Waals surface area contributed by atoms with E-state index in [4.69, 9.17) is 0 Å². The Balaban J connectivity index is 1.82. The number of para-hydroxylation sites is 1. The number of nitrogens with zero attached hydrogens (tertiary/aromatic N) is 1. The number of rotatable bonds is 3. The number of amides is 2. The molecule has 5 heteroatoms. The summed E-state index contributed by atoms with van der Waals surface area (Å²) in [5.74, 6) is 0. The summed E-state index contributed by atoms with van der Waals surface area (Å²) in [5, 5.41) is 3.87. The number of anilines is 1. The summed E-state index contributed by atoms with van der Waals surface area (Å²) in [4.78, 5) is 28.8. The van der Waals surface area contributed by atoms with E-state index in [0.717, 1.165) is 33.3 Å². The van der Waals surface area contributed by atoms with Crippen molar-refractivity contribution in [1.82, 2.24) is 9.88 Å². The molecule has 1 aromatic heterocycles. The van der Waals surface area contributed by atoms with Crippen LogP contribution in [-0.2, 0) is 6.54 Å². The van der Waals surface area contributed by atoms with E-state index in [9.17, 15) is 9.59 Å². The second-order valence-corrected chi connectivity index (χ2v) is 6.31. The van der Waals surface area contributed by atoms with E-state index in [2.05, 4.69) is 10.3 Å². The number of carbonyl (C=O) groups is 1. The second kappa shape index (κ2) is 6.81. The number of benzene rings is 2. The molecule has 1 heterocycles. The maximum Gasteiger partial charge on any atom is 0.321 e. The molecule has 0 radical (unpaired) electrons. The lowest BCUT2D eigenvalue weighted by molar-refractivity contribution is 0.221.